The van der Waals surface area contributed by atoms with E-state index >= 15 is 0 Å². The third-order valence-corrected chi connectivity index (χ3v) is 1.92. The number of nitrogens with zero attached hydrogens (tertiary/aromatic N) is 1. The molecule has 0 spiro atoms. The van der Waals surface area contributed by atoms with Crippen LogP contribution in [0.1, 0.15) is 18.6 Å². The SMILES string of the molecule is CCO/C=C(/C#N)C(O)c1ccccc1. The lowest BCUT2D eigenvalue weighted by Gasteiger charge is -2.09. The summed E-state index contributed by atoms with van der Waals surface area (Å²) in [4.78, 5) is 0. The topological polar surface area (TPSA) is 53.2 Å². The van der Waals surface area contributed by atoms with Crippen molar-refractivity contribution in [3.05, 3.63) is 47.7 Å². The van der Waals surface area contributed by atoms with Crippen LogP contribution in [0.3, 0.4) is 0 Å². The predicted molar refractivity (Wildman–Crippen MR) is 56.7 cm³/mol. The first-order valence-electron chi connectivity index (χ1n) is 4.74. The van der Waals surface area contributed by atoms with Crippen LogP contribution in [-0.2, 0) is 4.74 Å². The molecule has 1 aromatic carbocycles. The van der Waals surface area contributed by atoms with Crippen LogP contribution in [-0.4, -0.2) is 11.7 Å². The van der Waals surface area contributed by atoms with Crippen molar-refractivity contribution in [2.75, 3.05) is 6.61 Å². The van der Waals surface area contributed by atoms with Gasteiger partial charge in [0.1, 0.15) is 12.2 Å². The van der Waals surface area contributed by atoms with Crippen LogP contribution in [0.5, 0.6) is 0 Å². The van der Waals surface area contributed by atoms with Crippen LogP contribution in [0.25, 0.3) is 0 Å². The minimum atomic E-state index is -0.914. The van der Waals surface area contributed by atoms with Gasteiger partial charge < -0.3 is 9.84 Å². The normalized spacial score (nSPS) is 13.0. The number of aliphatic hydroxyl groups is 1. The number of hydrogen-bond acceptors (Lipinski definition) is 3. The van der Waals surface area contributed by atoms with E-state index in [2.05, 4.69) is 0 Å². The van der Waals surface area contributed by atoms with Gasteiger partial charge >= 0.3 is 0 Å². The van der Waals surface area contributed by atoms with Crippen molar-refractivity contribution in [1.29, 1.82) is 5.26 Å². The van der Waals surface area contributed by atoms with Crippen LogP contribution < -0.4 is 0 Å². The smallest absolute Gasteiger partial charge is 0.117 e. The molecule has 0 heterocycles. The Balaban J connectivity index is 2.84. The highest BCUT2D eigenvalue weighted by atomic mass is 16.5. The molecule has 1 aromatic rings. The minimum absolute atomic E-state index is 0.211. The second-order valence-corrected chi connectivity index (χ2v) is 2.95. The molecule has 0 saturated heterocycles. The fourth-order valence-electron chi connectivity index (χ4n) is 1.14. The summed E-state index contributed by atoms with van der Waals surface area (Å²) in [6, 6.07) is 10.9. The molecule has 1 rings (SSSR count). The van der Waals surface area contributed by atoms with Crippen molar-refractivity contribution in [2.45, 2.75) is 13.0 Å². The zero-order chi connectivity index (χ0) is 11.1. The first-order valence-corrected chi connectivity index (χ1v) is 4.74. The Bertz CT molecular complexity index is 365. The van der Waals surface area contributed by atoms with Gasteiger partial charge in [0.25, 0.3) is 0 Å². The number of aliphatic hydroxyl groups excluding tert-OH is 1. The molecule has 78 valence electrons. The van der Waals surface area contributed by atoms with Crippen LogP contribution in [0.15, 0.2) is 42.2 Å². The predicted octanol–water partition coefficient (Wildman–Crippen LogP) is 2.16. The quantitative estimate of drug-likeness (QED) is 0.602. The summed E-state index contributed by atoms with van der Waals surface area (Å²) < 4.78 is 4.98. The lowest BCUT2D eigenvalue weighted by Crippen LogP contribution is -2.00. The number of hydrogen-bond donors (Lipinski definition) is 1. The number of ether oxygens (including phenoxy) is 1. The molecule has 0 aliphatic heterocycles. The van der Waals surface area contributed by atoms with E-state index in [4.69, 9.17) is 10.00 Å². The Kier molecular flexibility index (Phi) is 4.39. The second kappa shape index (κ2) is 5.84. The average Bonchev–Trinajstić information content (AvgIpc) is 2.31. The van der Waals surface area contributed by atoms with Crippen LogP contribution in [0.4, 0.5) is 0 Å². The first kappa shape index (κ1) is 11.3. The van der Waals surface area contributed by atoms with Gasteiger partial charge in [0.05, 0.1) is 18.4 Å². The summed E-state index contributed by atoms with van der Waals surface area (Å²) in [5, 5.41) is 18.7. The van der Waals surface area contributed by atoms with E-state index in [1.54, 1.807) is 12.1 Å². The summed E-state index contributed by atoms with van der Waals surface area (Å²) in [5.41, 5.74) is 0.896. The maximum Gasteiger partial charge on any atom is 0.117 e. The van der Waals surface area contributed by atoms with E-state index in [1.807, 2.05) is 31.2 Å². The molecule has 1 unspecified atom stereocenters. The van der Waals surface area contributed by atoms with E-state index in [9.17, 15) is 5.11 Å². The van der Waals surface area contributed by atoms with E-state index in [-0.39, 0.29) is 5.57 Å². The zero-order valence-corrected chi connectivity index (χ0v) is 8.55. The van der Waals surface area contributed by atoms with Crippen molar-refractivity contribution < 1.29 is 9.84 Å². The zero-order valence-electron chi connectivity index (χ0n) is 8.55. The Morgan fingerprint density at radius 3 is 2.73 bits per heavy atom. The minimum Gasteiger partial charge on any atom is -0.500 e. The maximum atomic E-state index is 9.84. The molecule has 0 aromatic heterocycles. The van der Waals surface area contributed by atoms with Gasteiger partial charge in [-0.25, -0.2) is 0 Å². The number of rotatable bonds is 4. The maximum absolute atomic E-state index is 9.84. The molecular formula is C12H13NO2. The summed E-state index contributed by atoms with van der Waals surface area (Å²) in [7, 11) is 0. The van der Waals surface area contributed by atoms with Gasteiger partial charge in [-0.15, -0.1) is 0 Å². The summed E-state index contributed by atoms with van der Waals surface area (Å²) in [5.74, 6) is 0. The van der Waals surface area contributed by atoms with Crippen molar-refractivity contribution in [3.63, 3.8) is 0 Å². The highest BCUT2D eigenvalue weighted by molar-refractivity contribution is 5.32. The third-order valence-electron chi connectivity index (χ3n) is 1.92. The molecule has 0 radical (unpaired) electrons. The third kappa shape index (κ3) is 3.12. The van der Waals surface area contributed by atoms with E-state index in [0.29, 0.717) is 12.2 Å². The molecule has 0 amide bonds. The van der Waals surface area contributed by atoms with Gasteiger partial charge in [0.2, 0.25) is 0 Å². The highest BCUT2D eigenvalue weighted by Crippen LogP contribution is 2.20. The number of benzene rings is 1. The van der Waals surface area contributed by atoms with Gasteiger partial charge in [0, 0.05) is 0 Å². The lowest BCUT2D eigenvalue weighted by molar-refractivity contribution is 0.205. The average molecular weight is 203 g/mol. The van der Waals surface area contributed by atoms with Crippen LogP contribution >= 0.6 is 0 Å². The van der Waals surface area contributed by atoms with Crippen molar-refractivity contribution >= 4 is 0 Å². The van der Waals surface area contributed by atoms with Gasteiger partial charge in [-0.2, -0.15) is 5.26 Å². The molecule has 1 atom stereocenters. The fourth-order valence-corrected chi connectivity index (χ4v) is 1.14. The molecular weight excluding hydrogens is 190 g/mol. The Morgan fingerprint density at radius 2 is 2.20 bits per heavy atom. The van der Waals surface area contributed by atoms with Crippen LogP contribution in [0, 0.1) is 11.3 Å². The van der Waals surface area contributed by atoms with E-state index in [1.165, 1.54) is 6.26 Å². The van der Waals surface area contributed by atoms with Gasteiger partial charge in [-0.3, -0.25) is 0 Å². The molecule has 0 fully saturated rings. The Labute approximate surface area is 89.2 Å². The molecule has 0 aliphatic carbocycles. The van der Waals surface area contributed by atoms with E-state index < -0.39 is 6.10 Å². The van der Waals surface area contributed by atoms with Crippen molar-refractivity contribution in [2.24, 2.45) is 0 Å². The Hall–Kier alpha value is -1.79. The summed E-state index contributed by atoms with van der Waals surface area (Å²) >= 11 is 0. The number of nitriles is 1. The van der Waals surface area contributed by atoms with Crippen molar-refractivity contribution in [1.82, 2.24) is 0 Å². The standard InChI is InChI=1S/C12H13NO2/c1-2-15-9-11(8-13)12(14)10-6-4-3-5-7-10/h3-7,9,12,14H,2H2,1H3/b11-9-. The molecule has 0 saturated carbocycles. The highest BCUT2D eigenvalue weighted by Gasteiger charge is 2.12. The molecule has 0 aliphatic rings. The monoisotopic (exact) mass is 203 g/mol. The van der Waals surface area contributed by atoms with Crippen LogP contribution in [0.2, 0.25) is 0 Å². The van der Waals surface area contributed by atoms with Crippen molar-refractivity contribution in [3.8, 4) is 6.07 Å². The lowest BCUT2D eigenvalue weighted by atomic mass is 10.0. The van der Waals surface area contributed by atoms with Gasteiger partial charge in [-0.1, -0.05) is 30.3 Å². The molecule has 0 bridgehead atoms. The second-order valence-electron chi connectivity index (χ2n) is 2.95. The molecule has 3 heteroatoms. The molecule has 15 heavy (non-hydrogen) atoms. The first-order chi connectivity index (χ1) is 7.29. The molecule has 3 nitrogen and oxygen atoms in total. The van der Waals surface area contributed by atoms with Gasteiger partial charge in [-0.05, 0) is 12.5 Å². The van der Waals surface area contributed by atoms with Gasteiger partial charge in [0.15, 0.2) is 0 Å². The molecule has 1 N–H and O–H groups in total. The largest absolute Gasteiger partial charge is 0.500 e. The summed E-state index contributed by atoms with van der Waals surface area (Å²) in [6.07, 6.45) is 0.389. The fraction of sp³-hybridized carbons (Fsp3) is 0.250. The van der Waals surface area contributed by atoms with E-state index in [0.717, 1.165) is 0 Å². The Morgan fingerprint density at radius 1 is 1.53 bits per heavy atom. The summed E-state index contributed by atoms with van der Waals surface area (Å²) in [6.45, 7) is 2.30.